The summed E-state index contributed by atoms with van der Waals surface area (Å²) in [5.74, 6) is 0. The zero-order valence-electron chi connectivity index (χ0n) is 26.9. The number of benzene rings is 8. The smallest absolute Gasteiger partial charge is 0.137 e. The van der Waals surface area contributed by atoms with E-state index in [2.05, 4.69) is 155 Å². The zero-order chi connectivity index (χ0) is 32.8. The largest absolute Gasteiger partial charge is 0.456 e. The first kappa shape index (κ1) is 27.2. The van der Waals surface area contributed by atoms with Crippen molar-refractivity contribution in [3.63, 3.8) is 0 Å². The molecular formula is C46H28N2O2. The van der Waals surface area contributed by atoms with Gasteiger partial charge < -0.3 is 18.3 Å². The number of fused-ring (bicyclic) bond motifs is 11. The van der Waals surface area contributed by atoms with Crippen LogP contribution < -0.4 is 4.90 Å². The first-order valence-corrected chi connectivity index (χ1v) is 16.9. The molecule has 0 unspecified atom stereocenters. The van der Waals surface area contributed by atoms with Crippen LogP contribution in [-0.2, 0) is 0 Å². The van der Waals surface area contributed by atoms with E-state index in [0.717, 1.165) is 77.5 Å². The predicted molar refractivity (Wildman–Crippen MR) is 208 cm³/mol. The Bertz CT molecular complexity index is 3000. The Kier molecular flexibility index (Phi) is 5.63. The minimum Gasteiger partial charge on any atom is -0.456 e. The number of para-hydroxylation sites is 4. The Morgan fingerprint density at radius 3 is 1.50 bits per heavy atom. The van der Waals surface area contributed by atoms with Crippen molar-refractivity contribution in [2.24, 2.45) is 0 Å². The van der Waals surface area contributed by atoms with Crippen molar-refractivity contribution in [2.75, 3.05) is 4.90 Å². The van der Waals surface area contributed by atoms with Gasteiger partial charge in [0.15, 0.2) is 0 Å². The van der Waals surface area contributed by atoms with Gasteiger partial charge in [-0.2, -0.15) is 0 Å². The first-order valence-electron chi connectivity index (χ1n) is 16.9. The maximum absolute atomic E-state index is 6.45. The van der Waals surface area contributed by atoms with Crippen LogP contribution in [0.25, 0.3) is 82.1 Å². The molecule has 8 aromatic carbocycles. The highest BCUT2D eigenvalue weighted by molar-refractivity contribution is 6.25. The molecule has 11 rings (SSSR count). The van der Waals surface area contributed by atoms with Gasteiger partial charge in [-0.3, -0.25) is 0 Å². The van der Waals surface area contributed by atoms with Crippen molar-refractivity contribution >= 4 is 93.5 Å². The third-order valence-electron chi connectivity index (χ3n) is 10.2. The summed E-state index contributed by atoms with van der Waals surface area (Å²) in [6.07, 6.45) is 0. The van der Waals surface area contributed by atoms with Crippen LogP contribution in [0.1, 0.15) is 0 Å². The Morgan fingerprint density at radius 1 is 0.360 bits per heavy atom. The van der Waals surface area contributed by atoms with Crippen LogP contribution in [0.5, 0.6) is 0 Å². The summed E-state index contributed by atoms with van der Waals surface area (Å²) in [7, 11) is 0. The average Bonchev–Trinajstić information content (AvgIpc) is 3.84. The molecule has 0 N–H and O–H groups in total. The molecule has 0 radical (unpaired) electrons. The summed E-state index contributed by atoms with van der Waals surface area (Å²) in [5.41, 5.74) is 9.98. The van der Waals surface area contributed by atoms with E-state index >= 15 is 0 Å². The van der Waals surface area contributed by atoms with Crippen LogP contribution in [0.4, 0.5) is 17.1 Å². The van der Waals surface area contributed by atoms with E-state index in [1.807, 2.05) is 24.3 Å². The molecule has 0 aliphatic rings. The van der Waals surface area contributed by atoms with Crippen LogP contribution in [-0.4, -0.2) is 4.57 Å². The lowest BCUT2D eigenvalue weighted by molar-refractivity contribution is 0.669. The van der Waals surface area contributed by atoms with Crippen molar-refractivity contribution in [1.29, 1.82) is 0 Å². The van der Waals surface area contributed by atoms with E-state index in [4.69, 9.17) is 8.83 Å². The monoisotopic (exact) mass is 640 g/mol. The van der Waals surface area contributed by atoms with E-state index in [-0.39, 0.29) is 0 Å². The highest BCUT2D eigenvalue weighted by Crippen LogP contribution is 2.47. The highest BCUT2D eigenvalue weighted by Gasteiger charge is 2.23. The molecule has 4 heteroatoms. The normalized spacial score (nSPS) is 12.0. The Labute approximate surface area is 286 Å². The van der Waals surface area contributed by atoms with Gasteiger partial charge in [0.05, 0.1) is 16.7 Å². The highest BCUT2D eigenvalue weighted by atomic mass is 16.3. The van der Waals surface area contributed by atoms with Crippen molar-refractivity contribution in [3.8, 4) is 5.69 Å². The number of aromatic nitrogens is 1. The topological polar surface area (TPSA) is 34.5 Å². The molecule has 0 spiro atoms. The fourth-order valence-electron chi connectivity index (χ4n) is 7.99. The second-order valence-electron chi connectivity index (χ2n) is 12.9. The number of nitrogens with zero attached hydrogens (tertiary/aromatic N) is 2. The van der Waals surface area contributed by atoms with Gasteiger partial charge in [0.1, 0.15) is 22.3 Å². The third-order valence-corrected chi connectivity index (χ3v) is 10.2. The third kappa shape index (κ3) is 3.87. The fourth-order valence-corrected chi connectivity index (χ4v) is 7.99. The fraction of sp³-hybridized carbons (Fsp3) is 0. The van der Waals surface area contributed by atoms with Crippen LogP contribution in [0, 0.1) is 0 Å². The predicted octanol–water partition coefficient (Wildman–Crippen LogP) is 13.2. The van der Waals surface area contributed by atoms with Crippen LogP contribution in [0.3, 0.4) is 0 Å². The molecule has 0 fully saturated rings. The lowest BCUT2D eigenvalue weighted by Gasteiger charge is -2.27. The van der Waals surface area contributed by atoms with Crippen LogP contribution in [0.15, 0.2) is 179 Å². The molecule has 0 bridgehead atoms. The molecule has 50 heavy (non-hydrogen) atoms. The van der Waals surface area contributed by atoms with E-state index in [1.165, 1.54) is 21.7 Å². The van der Waals surface area contributed by atoms with E-state index < -0.39 is 0 Å². The maximum atomic E-state index is 6.45. The molecule has 0 aliphatic carbocycles. The van der Waals surface area contributed by atoms with E-state index in [9.17, 15) is 0 Å². The maximum Gasteiger partial charge on any atom is 0.137 e. The summed E-state index contributed by atoms with van der Waals surface area (Å²) in [4.78, 5) is 2.36. The summed E-state index contributed by atoms with van der Waals surface area (Å²) in [5, 5.41) is 9.25. The van der Waals surface area contributed by atoms with E-state index in [0.29, 0.717) is 0 Å². The summed E-state index contributed by atoms with van der Waals surface area (Å²) in [6.45, 7) is 0. The molecule has 0 saturated heterocycles. The summed E-state index contributed by atoms with van der Waals surface area (Å²) >= 11 is 0. The Hall–Kier alpha value is -6.78. The minimum atomic E-state index is 0.849. The number of hydrogen-bond donors (Lipinski definition) is 0. The van der Waals surface area contributed by atoms with Gasteiger partial charge in [-0.1, -0.05) is 97.1 Å². The Balaban J connectivity index is 1.26. The molecule has 0 atom stereocenters. The zero-order valence-corrected chi connectivity index (χ0v) is 26.9. The molecule has 4 nitrogen and oxygen atoms in total. The van der Waals surface area contributed by atoms with Gasteiger partial charge in [-0.15, -0.1) is 0 Å². The number of furan rings is 2. The lowest BCUT2D eigenvalue weighted by Crippen LogP contribution is -2.11. The van der Waals surface area contributed by atoms with Crippen molar-refractivity contribution < 1.29 is 8.83 Å². The molecule has 0 aliphatic heterocycles. The molecular weight excluding hydrogens is 613 g/mol. The van der Waals surface area contributed by atoms with Gasteiger partial charge >= 0.3 is 0 Å². The number of rotatable bonds is 4. The SMILES string of the molecule is c1ccc(-n2c3ccccc3c3c4ccccc4c(N(c4ccc5c(c4)oc4ccccc45)c4ccc5c(c4)oc4ccccc45)cc32)cc1. The lowest BCUT2D eigenvalue weighted by atomic mass is 10.0. The number of anilines is 3. The van der Waals surface area contributed by atoms with Crippen LogP contribution in [0.2, 0.25) is 0 Å². The van der Waals surface area contributed by atoms with Gasteiger partial charge in [0, 0.05) is 66.9 Å². The second-order valence-corrected chi connectivity index (χ2v) is 12.9. The Morgan fingerprint density at radius 2 is 0.860 bits per heavy atom. The number of hydrogen-bond acceptors (Lipinski definition) is 3. The van der Waals surface area contributed by atoms with Gasteiger partial charge in [-0.05, 0) is 66.0 Å². The van der Waals surface area contributed by atoms with Crippen LogP contribution >= 0.6 is 0 Å². The quantitative estimate of drug-likeness (QED) is 0.192. The summed E-state index contributed by atoms with van der Waals surface area (Å²) < 4.78 is 15.3. The van der Waals surface area contributed by atoms with Crippen molar-refractivity contribution in [2.45, 2.75) is 0 Å². The standard InChI is InChI=1S/C46H28N2O2/c1-2-12-29(13-3-1)48-39-19-9-6-18-38(39)46-37-17-5-4-14-32(37)40(28-41(46)48)47(30-22-24-35-33-15-7-10-20-42(33)49-44(35)26-30)31-23-25-36-34-16-8-11-21-43(34)50-45(36)27-31/h1-28H. The minimum absolute atomic E-state index is 0.849. The average molecular weight is 641 g/mol. The summed E-state index contributed by atoms with van der Waals surface area (Å²) in [6, 6.07) is 60.1. The molecule has 3 heterocycles. The molecule has 234 valence electrons. The van der Waals surface area contributed by atoms with Gasteiger partial charge in [-0.25, -0.2) is 0 Å². The second kappa shape index (κ2) is 10.4. The van der Waals surface area contributed by atoms with Crippen molar-refractivity contribution in [3.05, 3.63) is 170 Å². The van der Waals surface area contributed by atoms with Gasteiger partial charge in [0.2, 0.25) is 0 Å². The molecule has 3 aromatic heterocycles. The molecule has 0 saturated carbocycles. The first-order chi connectivity index (χ1) is 24.8. The van der Waals surface area contributed by atoms with Crippen molar-refractivity contribution in [1.82, 2.24) is 4.57 Å². The van der Waals surface area contributed by atoms with E-state index in [1.54, 1.807) is 0 Å². The van der Waals surface area contributed by atoms with Gasteiger partial charge in [0.25, 0.3) is 0 Å². The molecule has 0 amide bonds. The molecule has 11 aromatic rings.